The van der Waals surface area contributed by atoms with E-state index in [4.69, 9.17) is 10.6 Å². The normalized spacial score (nSPS) is 13.1. The summed E-state index contributed by atoms with van der Waals surface area (Å²) >= 11 is 0. The minimum Gasteiger partial charge on any atom is -0.381 e. The van der Waals surface area contributed by atoms with E-state index in [1.165, 1.54) is 0 Å². The molecule has 0 aliphatic heterocycles. The maximum Gasteiger partial charge on any atom is 0.138 e. The minimum absolute atomic E-state index is 0.173. The Morgan fingerprint density at radius 3 is 2.84 bits per heavy atom. The SMILES string of the molecule is CCCOCCC(Cc1ncnn1CC(C)C)NN. The summed E-state index contributed by atoms with van der Waals surface area (Å²) in [5.41, 5.74) is 2.84. The fraction of sp³-hybridized carbons (Fsp3) is 0.846. The van der Waals surface area contributed by atoms with Gasteiger partial charge in [-0.1, -0.05) is 20.8 Å². The van der Waals surface area contributed by atoms with Crippen LogP contribution in [0.25, 0.3) is 0 Å². The second-order valence-electron chi connectivity index (χ2n) is 5.22. The molecule has 0 saturated heterocycles. The highest BCUT2D eigenvalue weighted by Gasteiger charge is 2.13. The lowest BCUT2D eigenvalue weighted by atomic mass is 10.1. The molecule has 0 bridgehead atoms. The van der Waals surface area contributed by atoms with Gasteiger partial charge in [-0.25, -0.2) is 9.67 Å². The summed E-state index contributed by atoms with van der Waals surface area (Å²) in [4.78, 5) is 4.32. The maximum absolute atomic E-state index is 5.59. The highest BCUT2D eigenvalue weighted by atomic mass is 16.5. The van der Waals surface area contributed by atoms with Gasteiger partial charge in [0.25, 0.3) is 0 Å². The van der Waals surface area contributed by atoms with Gasteiger partial charge in [-0.3, -0.25) is 11.3 Å². The predicted octanol–water partition coefficient (Wildman–Crippen LogP) is 1.13. The first-order valence-electron chi connectivity index (χ1n) is 7.07. The number of nitrogens with one attached hydrogen (secondary N) is 1. The molecular formula is C13H27N5O. The van der Waals surface area contributed by atoms with Crippen molar-refractivity contribution in [3.8, 4) is 0 Å². The Kier molecular flexibility index (Phi) is 7.62. The summed E-state index contributed by atoms with van der Waals surface area (Å²) < 4.78 is 7.45. The zero-order chi connectivity index (χ0) is 14.1. The number of hydrogen-bond acceptors (Lipinski definition) is 5. The van der Waals surface area contributed by atoms with E-state index in [1.54, 1.807) is 6.33 Å². The summed E-state index contributed by atoms with van der Waals surface area (Å²) in [5, 5.41) is 4.26. The van der Waals surface area contributed by atoms with Crippen molar-refractivity contribution in [3.05, 3.63) is 12.2 Å². The lowest BCUT2D eigenvalue weighted by molar-refractivity contribution is 0.124. The molecule has 6 heteroatoms. The second kappa shape index (κ2) is 9.01. The molecule has 1 atom stereocenters. The van der Waals surface area contributed by atoms with Gasteiger partial charge in [0, 0.05) is 32.2 Å². The predicted molar refractivity (Wildman–Crippen MR) is 75.4 cm³/mol. The Hall–Kier alpha value is -0.980. The molecule has 0 saturated carbocycles. The molecule has 0 aromatic carbocycles. The molecule has 1 unspecified atom stereocenters. The van der Waals surface area contributed by atoms with Crippen LogP contribution in [0.2, 0.25) is 0 Å². The number of hydrazine groups is 1. The third kappa shape index (κ3) is 6.13. The van der Waals surface area contributed by atoms with Gasteiger partial charge in [0.2, 0.25) is 0 Å². The van der Waals surface area contributed by atoms with Crippen LogP contribution in [0.1, 0.15) is 39.4 Å². The molecular weight excluding hydrogens is 242 g/mol. The molecule has 0 radical (unpaired) electrons. The fourth-order valence-corrected chi connectivity index (χ4v) is 1.88. The smallest absolute Gasteiger partial charge is 0.138 e. The molecule has 0 aliphatic carbocycles. The van der Waals surface area contributed by atoms with Crippen LogP contribution in [-0.2, 0) is 17.7 Å². The van der Waals surface area contributed by atoms with Crippen LogP contribution in [0.5, 0.6) is 0 Å². The van der Waals surface area contributed by atoms with Crippen LogP contribution < -0.4 is 11.3 Å². The van der Waals surface area contributed by atoms with Crippen molar-refractivity contribution >= 4 is 0 Å². The Bertz CT molecular complexity index is 340. The van der Waals surface area contributed by atoms with E-state index >= 15 is 0 Å². The van der Waals surface area contributed by atoms with Gasteiger partial charge in [-0.15, -0.1) is 0 Å². The summed E-state index contributed by atoms with van der Waals surface area (Å²) in [6.45, 7) is 8.86. The molecule has 0 spiro atoms. The van der Waals surface area contributed by atoms with Crippen molar-refractivity contribution < 1.29 is 4.74 Å². The fourth-order valence-electron chi connectivity index (χ4n) is 1.88. The number of nitrogens with zero attached hydrogens (tertiary/aromatic N) is 3. The third-order valence-electron chi connectivity index (χ3n) is 2.86. The average Bonchev–Trinajstić information content (AvgIpc) is 2.79. The van der Waals surface area contributed by atoms with Gasteiger partial charge in [-0.05, 0) is 18.8 Å². The van der Waals surface area contributed by atoms with E-state index < -0.39 is 0 Å². The monoisotopic (exact) mass is 269 g/mol. The van der Waals surface area contributed by atoms with Gasteiger partial charge < -0.3 is 4.74 Å². The Labute approximate surface area is 115 Å². The first-order chi connectivity index (χ1) is 9.17. The van der Waals surface area contributed by atoms with E-state index in [9.17, 15) is 0 Å². The van der Waals surface area contributed by atoms with Crippen molar-refractivity contribution in [2.75, 3.05) is 13.2 Å². The molecule has 0 aliphatic rings. The summed E-state index contributed by atoms with van der Waals surface area (Å²) in [5.74, 6) is 7.12. The van der Waals surface area contributed by atoms with Crippen LogP contribution >= 0.6 is 0 Å². The zero-order valence-corrected chi connectivity index (χ0v) is 12.3. The lowest BCUT2D eigenvalue weighted by Gasteiger charge is -2.16. The van der Waals surface area contributed by atoms with E-state index in [0.717, 1.165) is 44.8 Å². The molecule has 1 rings (SSSR count). The number of nitrogens with two attached hydrogens (primary N) is 1. The van der Waals surface area contributed by atoms with Gasteiger partial charge in [-0.2, -0.15) is 5.10 Å². The van der Waals surface area contributed by atoms with Crippen LogP contribution in [0.4, 0.5) is 0 Å². The highest BCUT2D eigenvalue weighted by molar-refractivity contribution is 4.89. The van der Waals surface area contributed by atoms with Crippen molar-refractivity contribution in [1.29, 1.82) is 0 Å². The van der Waals surface area contributed by atoms with Crippen molar-refractivity contribution in [2.45, 2.75) is 52.6 Å². The van der Waals surface area contributed by atoms with Crippen molar-refractivity contribution in [1.82, 2.24) is 20.2 Å². The molecule has 0 fully saturated rings. The number of rotatable bonds is 10. The third-order valence-corrected chi connectivity index (χ3v) is 2.86. The second-order valence-corrected chi connectivity index (χ2v) is 5.22. The molecule has 1 heterocycles. The van der Waals surface area contributed by atoms with Crippen molar-refractivity contribution in [3.63, 3.8) is 0 Å². The van der Waals surface area contributed by atoms with E-state index in [2.05, 4.69) is 36.3 Å². The van der Waals surface area contributed by atoms with Crippen LogP contribution in [0.3, 0.4) is 0 Å². The Morgan fingerprint density at radius 2 is 2.21 bits per heavy atom. The molecule has 1 aromatic heterocycles. The number of hydrogen-bond donors (Lipinski definition) is 2. The van der Waals surface area contributed by atoms with Gasteiger partial charge in [0.15, 0.2) is 0 Å². The lowest BCUT2D eigenvalue weighted by Crippen LogP contribution is -2.38. The minimum atomic E-state index is 0.173. The quantitative estimate of drug-likeness (QED) is 0.378. The van der Waals surface area contributed by atoms with E-state index in [0.29, 0.717) is 5.92 Å². The summed E-state index contributed by atoms with van der Waals surface area (Å²) in [6.07, 6.45) is 4.31. The van der Waals surface area contributed by atoms with Gasteiger partial charge >= 0.3 is 0 Å². The largest absolute Gasteiger partial charge is 0.381 e. The molecule has 110 valence electrons. The highest BCUT2D eigenvalue weighted by Crippen LogP contribution is 2.06. The zero-order valence-electron chi connectivity index (χ0n) is 12.3. The van der Waals surface area contributed by atoms with Crippen LogP contribution in [0, 0.1) is 5.92 Å². The van der Waals surface area contributed by atoms with E-state index in [1.807, 2.05) is 4.68 Å². The standard InChI is InChI=1S/C13H27N5O/c1-4-6-19-7-5-12(17-14)8-13-15-10-16-18(13)9-11(2)3/h10-12,17H,4-9,14H2,1-3H3. The average molecular weight is 269 g/mol. The van der Waals surface area contributed by atoms with Gasteiger partial charge in [0.1, 0.15) is 12.2 Å². The Morgan fingerprint density at radius 1 is 1.42 bits per heavy atom. The molecule has 19 heavy (non-hydrogen) atoms. The van der Waals surface area contributed by atoms with Crippen LogP contribution in [-0.4, -0.2) is 34.0 Å². The maximum atomic E-state index is 5.59. The summed E-state index contributed by atoms with van der Waals surface area (Å²) in [7, 11) is 0. The number of ether oxygens (including phenoxy) is 1. The molecule has 0 amide bonds. The molecule has 6 nitrogen and oxygen atoms in total. The molecule has 3 N–H and O–H groups in total. The van der Waals surface area contributed by atoms with Gasteiger partial charge in [0.05, 0.1) is 0 Å². The topological polar surface area (TPSA) is 78.0 Å². The first-order valence-corrected chi connectivity index (χ1v) is 7.07. The molecule has 1 aromatic rings. The first kappa shape index (κ1) is 16.1. The van der Waals surface area contributed by atoms with Crippen LogP contribution in [0.15, 0.2) is 6.33 Å². The van der Waals surface area contributed by atoms with E-state index in [-0.39, 0.29) is 6.04 Å². The number of aromatic nitrogens is 3. The Balaban J connectivity index is 2.44. The summed E-state index contributed by atoms with van der Waals surface area (Å²) in [6, 6.07) is 0.173. The van der Waals surface area contributed by atoms with Crippen molar-refractivity contribution in [2.24, 2.45) is 11.8 Å².